The highest BCUT2D eigenvalue weighted by molar-refractivity contribution is 5.99. The lowest BCUT2D eigenvalue weighted by Crippen LogP contribution is -2.47. The van der Waals surface area contributed by atoms with Crippen molar-refractivity contribution >= 4 is 11.5 Å². The molecule has 4 rings (SSSR count). The third kappa shape index (κ3) is 1.91. The number of fused-ring (bicyclic) bond motifs is 5. The molecule has 0 aromatic heterocycles. The van der Waals surface area contributed by atoms with Crippen molar-refractivity contribution in [3.8, 4) is 0 Å². The first-order valence-corrected chi connectivity index (χ1v) is 8.28. The van der Waals surface area contributed by atoms with Crippen LogP contribution in [-0.4, -0.2) is 18.6 Å². The molecule has 2 bridgehead atoms. The highest BCUT2D eigenvalue weighted by Gasteiger charge is 2.46. The van der Waals surface area contributed by atoms with Gasteiger partial charge in [-0.25, -0.2) is 0 Å². The second-order valence-corrected chi connectivity index (χ2v) is 7.48. The zero-order chi connectivity index (χ0) is 15.5. The molecule has 2 aliphatic heterocycles. The van der Waals surface area contributed by atoms with Crippen LogP contribution in [0, 0.1) is 5.41 Å². The number of anilines is 1. The van der Waals surface area contributed by atoms with Crippen LogP contribution in [0.1, 0.15) is 51.5 Å². The molecule has 2 heterocycles. The van der Waals surface area contributed by atoms with Crippen molar-refractivity contribution in [1.82, 2.24) is 0 Å². The normalized spacial score (nSPS) is 28.9. The summed E-state index contributed by atoms with van der Waals surface area (Å²) in [6, 6.07) is 8.50. The molecule has 0 spiro atoms. The van der Waals surface area contributed by atoms with E-state index in [2.05, 4.69) is 49.9 Å². The Bertz CT molecular complexity index is 674. The molecule has 0 amide bonds. The van der Waals surface area contributed by atoms with Crippen LogP contribution >= 0.6 is 0 Å². The molecule has 0 saturated carbocycles. The Labute approximate surface area is 132 Å². The second kappa shape index (κ2) is 4.61. The summed E-state index contributed by atoms with van der Waals surface area (Å²) < 4.78 is 6.31. The maximum absolute atomic E-state index is 12.8. The topological polar surface area (TPSA) is 29.5 Å². The van der Waals surface area contributed by atoms with Crippen LogP contribution in [-0.2, 0) is 9.53 Å². The molecule has 2 atom stereocenters. The van der Waals surface area contributed by atoms with Gasteiger partial charge in [0.2, 0.25) is 0 Å². The number of para-hydroxylation sites is 1. The fraction of sp³-hybridized carbons (Fsp3) is 0.526. The standard InChI is InChI=1S/C19H23NO2/c1-4-20-14-8-6-5-7-12(14)13-9-17(20)22-16-11-19(2,3)10-15(21)18(13)16/h5-8,13,17H,4,9-11H2,1-3H3. The van der Waals surface area contributed by atoms with E-state index in [0.717, 1.165) is 30.7 Å². The molecule has 3 nitrogen and oxygen atoms in total. The first-order chi connectivity index (χ1) is 10.5. The van der Waals surface area contributed by atoms with Gasteiger partial charge >= 0.3 is 0 Å². The van der Waals surface area contributed by atoms with Crippen LogP contribution in [0.15, 0.2) is 35.6 Å². The van der Waals surface area contributed by atoms with Gasteiger partial charge in [-0.2, -0.15) is 0 Å². The maximum Gasteiger partial charge on any atom is 0.172 e. The number of carbonyl (C=O) groups is 1. The molecule has 1 aromatic rings. The SMILES string of the molecule is CCN1c2ccccc2C2CC1OC1=C2C(=O)CC(C)(C)C1. The fourth-order valence-corrected chi connectivity index (χ4v) is 4.35. The van der Waals surface area contributed by atoms with E-state index in [1.807, 2.05) is 0 Å². The minimum atomic E-state index is 0.0120. The summed E-state index contributed by atoms with van der Waals surface area (Å²) in [5.41, 5.74) is 3.50. The van der Waals surface area contributed by atoms with Gasteiger partial charge in [-0.3, -0.25) is 4.79 Å². The van der Waals surface area contributed by atoms with E-state index < -0.39 is 0 Å². The maximum atomic E-state index is 12.8. The minimum Gasteiger partial charge on any atom is -0.474 e. The molecule has 0 saturated heterocycles. The summed E-state index contributed by atoms with van der Waals surface area (Å²) in [6.45, 7) is 7.41. The van der Waals surface area contributed by atoms with E-state index >= 15 is 0 Å². The summed E-state index contributed by atoms with van der Waals surface area (Å²) >= 11 is 0. The fourth-order valence-electron chi connectivity index (χ4n) is 4.35. The summed E-state index contributed by atoms with van der Waals surface area (Å²) in [5.74, 6) is 1.46. The van der Waals surface area contributed by atoms with Crippen LogP contribution in [0.25, 0.3) is 0 Å². The predicted molar refractivity (Wildman–Crippen MR) is 86.7 cm³/mol. The lowest BCUT2D eigenvalue weighted by atomic mass is 9.69. The number of rotatable bonds is 1. The van der Waals surface area contributed by atoms with Crippen molar-refractivity contribution in [2.45, 2.75) is 52.2 Å². The van der Waals surface area contributed by atoms with Crippen molar-refractivity contribution in [2.24, 2.45) is 5.41 Å². The van der Waals surface area contributed by atoms with Gasteiger partial charge in [-0.1, -0.05) is 32.0 Å². The third-order valence-corrected chi connectivity index (χ3v) is 5.25. The molecule has 0 N–H and O–H groups in total. The van der Waals surface area contributed by atoms with Crippen molar-refractivity contribution in [2.75, 3.05) is 11.4 Å². The Kier molecular flexibility index (Phi) is 2.91. The number of hydrogen-bond acceptors (Lipinski definition) is 3. The Morgan fingerprint density at radius 1 is 1.27 bits per heavy atom. The van der Waals surface area contributed by atoms with Crippen molar-refractivity contribution < 1.29 is 9.53 Å². The first kappa shape index (κ1) is 13.9. The Morgan fingerprint density at radius 3 is 2.82 bits per heavy atom. The highest BCUT2D eigenvalue weighted by atomic mass is 16.5. The molecular formula is C19H23NO2. The number of allylic oxidation sites excluding steroid dienone is 2. The number of benzene rings is 1. The first-order valence-electron chi connectivity index (χ1n) is 8.28. The number of hydrogen-bond donors (Lipinski definition) is 0. The van der Waals surface area contributed by atoms with E-state index in [1.165, 1.54) is 11.3 Å². The van der Waals surface area contributed by atoms with Gasteiger partial charge in [0.1, 0.15) is 5.76 Å². The quantitative estimate of drug-likeness (QED) is 0.784. The molecule has 22 heavy (non-hydrogen) atoms. The van der Waals surface area contributed by atoms with Gasteiger partial charge in [-0.05, 0) is 24.0 Å². The lowest BCUT2D eigenvalue weighted by Gasteiger charge is -2.48. The number of nitrogens with zero attached hydrogens (tertiary/aromatic N) is 1. The van der Waals surface area contributed by atoms with E-state index in [1.54, 1.807) is 0 Å². The predicted octanol–water partition coefficient (Wildman–Crippen LogP) is 4.00. The molecule has 116 valence electrons. The Hall–Kier alpha value is -1.77. The van der Waals surface area contributed by atoms with E-state index in [0.29, 0.717) is 6.42 Å². The van der Waals surface area contributed by atoms with Gasteiger partial charge in [0.25, 0.3) is 0 Å². The number of ether oxygens (including phenoxy) is 1. The van der Waals surface area contributed by atoms with Crippen molar-refractivity contribution in [3.05, 3.63) is 41.2 Å². The van der Waals surface area contributed by atoms with E-state index in [9.17, 15) is 4.79 Å². The van der Waals surface area contributed by atoms with Crippen LogP contribution in [0.3, 0.4) is 0 Å². The molecule has 2 unspecified atom stereocenters. The largest absolute Gasteiger partial charge is 0.474 e. The van der Waals surface area contributed by atoms with Crippen molar-refractivity contribution in [1.29, 1.82) is 0 Å². The van der Waals surface area contributed by atoms with Gasteiger partial charge in [-0.15, -0.1) is 0 Å². The molecule has 3 aliphatic rings. The monoisotopic (exact) mass is 297 g/mol. The van der Waals surface area contributed by atoms with Crippen molar-refractivity contribution in [3.63, 3.8) is 0 Å². The van der Waals surface area contributed by atoms with Gasteiger partial charge in [0.05, 0.1) is 0 Å². The van der Waals surface area contributed by atoms with Crippen LogP contribution in [0.5, 0.6) is 0 Å². The van der Waals surface area contributed by atoms with E-state index in [-0.39, 0.29) is 23.3 Å². The van der Waals surface area contributed by atoms with Crippen LogP contribution in [0.4, 0.5) is 5.69 Å². The summed E-state index contributed by atoms with van der Waals surface area (Å²) in [5, 5.41) is 0. The third-order valence-electron chi connectivity index (χ3n) is 5.25. The molecule has 0 radical (unpaired) electrons. The number of Topliss-reactive ketones (excluding diaryl/α,β-unsaturated/α-hetero) is 1. The molecular weight excluding hydrogens is 274 g/mol. The number of ketones is 1. The lowest BCUT2D eigenvalue weighted by molar-refractivity contribution is -0.120. The van der Waals surface area contributed by atoms with Gasteiger partial charge < -0.3 is 9.64 Å². The summed E-state index contributed by atoms with van der Waals surface area (Å²) in [7, 11) is 0. The average molecular weight is 297 g/mol. The number of carbonyl (C=O) groups excluding carboxylic acids is 1. The average Bonchev–Trinajstić information content (AvgIpc) is 2.45. The molecule has 3 heteroatoms. The molecule has 1 aromatic carbocycles. The highest BCUT2D eigenvalue weighted by Crippen LogP contribution is 2.52. The zero-order valence-electron chi connectivity index (χ0n) is 13.6. The van der Waals surface area contributed by atoms with Gasteiger partial charge in [0, 0.05) is 43.0 Å². The van der Waals surface area contributed by atoms with Crippen LogP contribution < -0.4 is 4.90 Å². The summed E-state index contributed by atoms with van der Waals surface area (Å²) in [4.78, 5) is 15.1. The second-order valence-electron chi connectivity index (χ2n) is 7.48. The van der Waals surface area contributed by atoms with Gasteiger partial charge in [0.15, 0.2) is 12.0 Å². The van der Waals surface area contributed by atoms with Crippen LogP contribution in [0.2, 0.25) is 0 Å². The smallest absolute Gasteiger partial charge is 0.172 e. The Balaban J connectivity index is 1.87. The zero-order valence-corrected chi connectivity index (χ0v) is 13.6. The summed E-state index contributed by atoms with van der Waals surface area (Å²) in [6.07, 6.45) is 2.48. The molecule has 1 aliphatic carbocycles. The molecule has 0 fully saturated rings. The van der Waals surface area contributed by atoms with E-state index in [4.69, 9.17) is 4.74 Å². The minimum absolute atomic E-state index is 0.0120. The Morgan fingerprint density at radius 2 is 2.05 bits per heavy atom.